The summed E-state index contributed by atoms with van der Waals surface area (Å²) >= 11 is 2.70. The second-order valence-corrected chi connectivity index (χ2v) is 9.58. The summed E-state index contributed by atoms with van der Waals surface area (Å²) in [5.74, 6) is -0.865. The van der Waals surface area contributed by atoms with Gasteiger partial charge in [0.1, 0.15) is 10.6 Å². The van der Waals surface area contributed by atoms with Crippen molar-refractivity contribution < 1.29 is 19.5 Å². The number of amides is 2. The van der Waals surface area contributed by atoms with Crippen LogP contribution in [0.5, 0.6) is 0 Å². The van der Waals surface area contributed by atoms with Gasteiger partial charge in [-0.3, -0.25) is 14.4 Å². The van der Waals surface area contributed by atoms with E-state index in [-0.39, 0.29) is 11.7 Å². The molecule has 11 heteroatoms. The van der Waals surface area contributed by atoms with Crippen LogP contribution in [-0.2, 0) is 11.2 Å². The van der Waals surface area contributed by atoms with E-state index in [1.807, 2.05) is 0 Å². The Labute approximate surface area is 198 Å². The first kappa shape index (κ1) is 23.0. The van der Waals surface area contributed by atoms with E-state index in [0.717, 1.165) is 34.2 Å². The van der Waals surface area contributed by atoms with E-state index in [2.05, 4.69) is 27.9 Å². The van der Waals surface area contributed by atoms with Crippen molar-refractivity contribution in [2.45, 2.75) is 18.5 Å². The number of piperazine rings is 1. The van der Waals surface area contributed by atoms with Gasteiger partial charge in [0.15, 0.2) is 5.16 Å². The first-order valence-electron chi connectivity index (χ1n) is 10.4. The summed E-state index contributed by atoms with van der Waals surface area (Å²) in [6, 6.07) is 8.45. The predicted molar refractivity (Wildman–Crippen MR) is 128 cm³/mol. The van der Waals surface area contributed by atoms with E-state index in [4.69, 9.17) is 10.8 Å². The van der Waals surface area contributed by atoms with Crippen LogP contribution >= 0.6 is 23.1 Å². The average molecular weight is 486 g/mol. The molecule has 3 N–H and O–H groups in total. The molecule has 1 aliphatic rings. The van der Waals surface area contributed by atoms with Crippen molar-refractivity contribution in [2.24, 2.45) is 5.73 Å². The Bertz CT molecular complexity index is 1200. The molecule has 0 aliphatic carbocycles. The molecule has 172 valence electrons. The summed E-state index contributed by atoms with van der Waals surface area (Å²) in [5, 5.41) is 10.4. The molecule has 3 heterocycles. The van der Waals surface area contributed by atoms with Gasteiger partial charge in [0.25, 0.3) is 5.91 Å². The minimum Gasteiger partial charge on any atom is -0.481 e. The van der Waals surface area contributed by atoms with E-state index in [0.29, 0.717) is 42.5 Å². The molecular formula is C22H23N5O4S2. The standard InChI is InChI=1S/C22H23N5O4S2/c1-2-15-11-16-19(24-22(25-20(16)33-15)32-12-17(28)29)26-7-9-27(10-8-26)21(31)14-5-3-13(4-6-14)18(23)30/h3-6,11H,2,7-10,12H2,1H3,(H2,23,30)(H,28,29). The number of primary amides is 1. The van der Waals surface area contributed by atoms with Crippen LogP contribution in [0.25, 0.3) is 10.2 Å². The molecule has 0 radical (unpaired) electrons. The number of hydrogen-bond donors (Lipinski definition) is 2. The monoisotopic (exact) mass is 485 g/mol. The number of hydrogen-bond acceptors (Lipinski definition) is 8. The Balaban J connectivity index is 1.52. The number of rotatable bonds is 7. The summed E-state index contributed by atoms with van der Waals surface area (Å²) < 4.78 is 0. The number of nitrogens with two attached hydrogens (primary N) is 1. The topological polar surface area (TPSA) is 130 Å². The third kappa shape index (κ3) is 5.09. The number of anilines is 1. The van der Waals surface area contributed by atoms with Crippen LogP contribution in [0, 0.1) is 0 Å². The molecule has 3 aromatic rings. The number of carboxylic acid groups (broad SMARTS) is 1. The lowest BCUT2D eigenvalue weighted by molar-refractivity contribution is -0.133. The maximum atomic E-state index is 12.9. The maximum Gasteiger partial charge on any atom is 0.313 e. The van der Waals surface area contributed by atoms with E-state index < -0.39 is 11.9 Å². The third-order valence-electron chi connectivity index (χ3n) is 5.36. The van der Waals surface area contributed by atoms with Crippen molar-refractivity contribution in [1.29, 1.82) is 0 Å². The fraction of sp³-hybridized carbons (Fsp3) is 0.318. The van der Waals surface area contributed by atoms with Gasteiger partial charge in [-0.05, 0) is 36.8 Å². The lowest BCUT2D eigenvalue weighted by Crippen LogP contribution is -2.49. The molecule has 1 saturated heterocycles. The van der Waals surface area contributed by atoms with Crippen molar-refractivity contribution in [3.63, 3.8) is 0 Å². The second-order valence-electron chi connectivity index (χ2n) is 7.52. The minimum atomic E-state index is -0.915. The van der Waals surface area contributed by atoms with Crippen LogP contribution in [0.4, 0.5) is 5.82 Å². The van der Waals surface area contributed by atoms with Crippen molar-refractivity contribution in [3.8, 4) is 0 Å². The molecule has 0 spiro atoms. The Morgan fingerprint density at radius 3 is 2.36 bits per heavy atom. The highest BCUT2D eigenvalue weighted by atomic mass is 32.2. The minimum absolute atomic E-state index is 0.0972. The van der Waals surface area contributed by atoms with E-state index in [1.165, 1.54) is 4.88 Å². The first-order chi connectivity index (χ1) is 15.9. The van der Waals surface area contributed by atoms with E-state index >= 15 is 0 Å². The molecule has 2 amide bonds. The van der Waals surface area contributed by atoms with E-state index in [1.54, 1.807) is 40.5 Å². The molecule has 0 unspecified atom stereocenters. The number of carbonyl (C=O) groups excluding carboxylic acids is 2. The highest BCUT2D eigenvalue weighted by Crippen LogP contribution is 2.34. The number of benzene rings is 1. The highest BCUT2D eigenvalue weighted by molar-refractivity contribution is 7.99. The van der Waals surface area contributed by atoms with Crippen molar-refractivity contribution in [1.82, 2.24) is 14.9 Å². The van der Waals surface area contributed by atoms with Gasteiger partial charge in [0.05, 0.1) is 11.1 Å². The van der Waals surface area contributed by atoms with Crippen LogP contribution in [0.1, 0.15) is 32.5 Å². The summed E-state index contributed by atoms with van der Waals surface area (Å²) in [5.41, 5.74) is 6.14. The fourth-order valence-corrected chi connectivity index (χ4v) is 5.20. The summed E-state index contributed by atoms with van der Waals surface area (Å²) in [6.45, 7) is 4.31. The van der Waals surface area contributed by atoms with Crippen LogP contribution in [0.2, 0.25) is 0 Å². The van der Waals surface area contributed by atoms with Crippen molar-refractivity contribution >= 4 is 56.9 Å². The SMILES string of the molecule is CCc1cc2c(N3CCN(C(=O)c4ccc(C(N)=O)cc4)CC3)nc(SCC(=O)O)nc2s1. The Morgan fingerprint density at radius 1 is 1.09 bits per heavy atom. The molecule has 9 nitrogen and oxygen atoms in total. The molecule has 4 rings (SSSR count). The second kappa shape index (κ2) is 9.75. The van der Waals surface area contributed by atoms with Gasteiger partial charge in [-0.15, -0.1) is 11.3 Å². The zero-order chi connectivity index (χ0) is 23.5. The Hall–Kier alpha value is -3.18. The molecule has 1 aromatic carbocycles. The van der Waals surface area contributed by atoms with Crippen LogP contribution in [0.15, 0.2) is 35.5 Å². The number of nitrogens with zero attached hydrogens (tertiary/aromatic N) is 4. The molecule has 33 heavy (non-hydrogen) atoms. The number of aryl methyl sites for hydroxylation is 1. The van der Waals surface area contributed by atoms with Gasteiger partial charge < -0.3 is 20.6 Å². The van der Waals surface area contributed by atoms with Crippen molar-refractivity contribution in [2.75, 3.05) is 36.8 Å². The summed E-state index contributed by atoms with van der Waals surface area (Å²) in [4.78, 5) is 50.3. The Kier molecular flexibility index (Phi) is 6.80. The lowest BCUT2D eigenvalue weighted by Gasteiger charge is -2.35. The van der Waals surface area contributed by atoms with Gasteiger partial charge in [-0.25, -0.2) is 9.97 Å². The number of carboxylic acids is 1. The van der Waals surface area contributed by atoms with Gasteiger partial charge >= 0.3 is 5.97 Å². The largest absolute Gasteiger partial charge is 0.481 e. The van der Waals surface area contributed by atoms with Gasteiger partial charge in [-0.2, -0.15) is 0 Å². The number of thioether (sulfide) groups is 1. The smallest absolute Gasteiger partial charge is 0.313 e. The summed E-state index contributed by atoms with van der Waals surface area (Å²) in [6.07, 6.45) is 0.884. The Morgan fingerprint density at radius 2 is 1.76 bits per heavy atom. The fourth-order valence-electron chi connectivity index (χ4n) is 3.62. The number of aliphatic carboxylic acids is 1. The molecule has 0 atom stereocenters. The number of thiophene rings is 1. The maximum absolute atomic E-state index is 12.9. The summed E-state index contributed by atoms with van der Waals surface area (Å²) in [7, 11) is 0. The highest BCUT2D eigenvalue weighted by Gasteiger charge is 2.25. The first-order valence-corrected chi connectivity index (χ1v) is 12.2. The molecule has 1 aliphatic heterocycles. The molecule has 1 fully saturated rings. The zero-order valence-electron chi connectivity index (χ0n) is 18.0. The molecular weight excluding hydrogens is 462 g/mol. The predicted octanol–water partition coefficient (Wildman–Crippen LogP) is 2.49. The van der Waals surface area contributed by atoms with E-state index in [9.17, 15) is 14.4 Å². The quantitative estimate of drug-likeness (QED) is 0.386. The molecule has 2 aromatic heterocycles. The van der Waals surface area contributed by atoms with Gasteiger partial charge in [0, 0.05) is 42.2 Å². The van der Waals surface area contributed by atoms with Gasteiger partial charge in [-0.1, -0.05) is 18.7 Å². The molecule has 0 bridgehead atoms. The van der Waals surface area contributed by atoms with Crippen LogP contribution < -0.4 is 10.6 Å². The van der Waals surface area contributed by atoms with Crippen LogP contribution in [0.3, 0.4) is 0 Å². The third-order valence-corrected chi connectivity index (χ3v) is 7.36. The average Bonchev–Trinajstić information content (AvgIpc) is 3.25. The number of fused-ring (bicyclic) bond motifs is 1. The van der Waals surface area contributed by atoms with Crippen LogP contribution in [-0.4, -0.2) is 69.7 Å². The number of carbonyl (C=O) groups is 3. The zero-order valence-corrected chi connectivity index (χ0v) is 19.6. The number of aromatic nitrogens is 2. The lowest BCUT2D eigenvalue weighted by atomic mass is 10.1. The normalized spacial score (nSPS) is 14.0. The van der Waals surface area contributed by atoms with Crippen molar-refractivity contribution in [3.05, 3.63) is 46.3 Å². The van der Waals surface area contributed by atoms with Gasteiger partial charge in [0.2, 0.25) is 5.91 Å². The molecule has 0 saturated carbocycles.